The number of nitrogens with zero attached hydrogens (tertiary/aromatic N) is 4. The molecule has 0 fully saturated rings. The van der Waals surface area contributed by atoms with E-state index in [2.05, 4.69) is 42.4 Å². The minimum Gasteiger partial charge on any atom is -0.352 e. The van der Waals surface area contributed by atoms with Crippen LogP contribution in [0.4, 0.5) is 4.39 Å². The van der Waals surface area contributed by atoms with Gasteiger partial charge in [0.1, 0.15) is 11.5 Å². The Morgan fingerprint density at radius 2 is 2.09 bits per heavy atom. The van der Waals surface area contributed by atoms with Gasteiger partial charge in [0.25, 0.3) is 0 Å². The Hall–Kier alpha value is -3.78. The first-order chi connectivity index (χ1) is 15.5. The maximum Gasteiger partial charge on any atom is 0.176 e. The number of imidazole rings is 1. The number of allylic oxidation sites excluding steroid dienone is 2. The standard InChI is InChI=1S/C24H21FN6S/c1-5-15(21-12-27-14(3)31(21)4)8-16-13(2)29-30-24(16)19-9-17-18(10-26-11-20(17)28-19)22-6-7-23(25)32-22/h5-12,28-29H,2H2,1,3-4H3/b15-5+,16-8+. The summed E-state index contributed by atoms with van der Waals surface area (Å²) >= 11 is 1.11. The molecule has 0 aliphatic rings. The van der Waals surface area contributed by atoms with Gasteiger partial charge < -0.3 is 9.55 Å². The average molecular weight is 445 g/mol. The zero-order valence-electron chi connectivity index (χ0n) is 17.9. The summed E-state index contributed by atoms with van der Waals surface area (Å²) < 4.78 is 15.7. The first-order valence-electron chi connectivity index (χ1n) is 10.1. The number of aromatic nitrogens is 6. The van der Waals surface area contributed by atoms with Gasteiger partial charge in [-0.3, -0.25) is 10.1 Å². The Labute approximate surface area is 187 Å². The van der Waals surface area contributed by atoms with Crippen LogP contribution >= 0.6 is 11.3 Å². The molecule has 0 unspecified atom stereocenters. The second-order valence-electron chi connectivity index (χ2n) is 7.54. The fourth-order valence-corrected chi connectivity index (χ4v) is 4.57. The predicted molar refractivity (Wildman–Crippen MR) is 128 cm³/mol. The van der Waals surface area contributed by atoms with E-state index in [0.717, 1.165) is 71.7 Å². The maximum atomic E-state index is 13.6. The molecule has 5 rings (SSSR count). The molecule has 5 aromatic rings. The monoisotopic (exact) mass is 444 g/mol. The number of rotatable bonds is 4. The number of hydrogen-bond donors (Lipinski definition) is 2. The zero-order chi connectivity index (χ0) is 22.4. The Bertz CT molecular complexity index is 1600. The molecule has 0 aromatic carbocycles. The van der Waals surface area contributed by atoms with Gasteiger partial charge in [-0.05, 0) is 43.7 Å². The van der Waals surface area contributed by atoms with Crippen molar-refractivity contribution in [3.63, 3.8) is 0 Å². The second-order valence-corrected chi connectivity index (χ2v) is 8.57. The lowest BCUT2D eigenvalue weighted by Crippen LogP contribution is -2.22. The summed E-state index contributed by atoms with van der Waals surface area (Å²) in [7, 11) is 2.00. The molecule has 2 N–H and O–H groups in total. The van der Waals surface area contributed by atoms with Crippen LogP contribution in [-0.4, -0.2) is 29.7 Å². The number of nitrogens with one attached hydrogen (secondary N) is 2. The number of aromatic amines is 2. The third kappa shape index (κ3) is 3.29. The quantitative estimate of drug-likeness (QED) is 0.437. The van der Waals surface area contributed by atoms with Crippen molar-refractivity contribution in [2.75, 3.05) is 0 Å². The predicted octanol–water partition coefficient (Wildman–Crippen LogP) is 4.16. The summed E-state index contributed by atoms with van der Waals surface area (Å²) in [6.45, 7) is 8.10. The van der Waals surface area contributed by atoms with Crippen LogP contribution in [0.25, 0.3) is 51.0 Å². The molecular weight excluding hydrogens is 423 g/mol. The van der Waals surface area contributed by atoms with Gasteiger partial charge >= 0.3 is 0 Å². The van der Waals surface area contributed by atoms with E-state index in [1.54, 1.807) is 18.5 Å². The zero-order valence-corrected chi connectivity index (χ0v) is 18.7. The molecule has 0 aliphatic heterocycles. The fourth-order valence-electron chi connectivity index (χ4n) is 3.81. The van der Waals surface area contributed by atoms with Crippen LogP contribution < -0.4 is 10.6 Å². The van der Waals surface area contributed by atoms with E-state index in [0.29, 0.717) is 0 Å². The van der Waals surface area contributed by atoms with Crippen LogP contribution in [0.3, 0.4) is 0 Å². The van der Waals surface area contributed by atoms with Gasteiger partial charge in [-0.25, -0.2) is 4.98 Å². The second kappa shape index (κ2) is 7.72. The molecule has 5 aromatic heterocycles. The summed E-state index contributed by atoms with van der Waals surface area (Å²) in [5, 5.41) is 9.87. The summed E-state index contributed by atoms with van der Waals surface area (Å²) in [4.78, 5) is 13.0. The highest BCUT2D eigenvalue weighted by Gasteiger charge is 2.14. The molecule has 0 bridgehead atoms. The van der Waals surface area contributed by atoms with Gasteiger partial charge in [-0.15, -0.1) is 11.3 Å². The first kappa shape index (κ1) is 20.1. The van der Waals surface area contributed by atoms with E-state index in [-0.39, 0.29) is 5.13 Å². The van der Waals surface area contributed by atoms with E-state index in [1.165, 1.54) is 6.07 Å². The van der Waals surface area contributed by atoms with Crippen molar-refractivity contribution in [3.8, 4) is 21.8 Å². The molecule has 0 saturated heterocycles. The number of H-pyrrole nitrogens is 2. The highest BCUT2D eigenvalue weighted by Crippen LogP contribution is 2.34. The highest BCUT2D eigenvalue weighted by atomic mass is 32.1. The first-order valence-corrected chi connectivity index (χ1v) is 10.9. The lowest BCUT2D eigenvalue weighted by atomic mass is 10.1. The van der Waals surface area contributed by atoms with E-state index in [9.17, 15) is 4.39 Å². The number of halogens is 1. The molecule has 0 atom stereocenters. The summed E-state index contributed by atoms with van der Waals surface area (Å²) in [5.74, 6) is 0.940. The number of hydrogen-bond acceptors (Lipinski definition) is 4. The van der Waals surface area contributed by atoms with Gasteiger partial charge in [0.05, 0.1) is 34.6 Å². The fraction of sp³-hybridized carbons (Fsp3) is 0.125. The van der Waals surface area contributed by atoms with Gasteiger partial charge in [0, 0.05) is 34.3 Å². The van der Waals surface area contributed by atoms with Gasteiger partial charge in [0.15, 0.2) is 5.13 Å². The van der Waals surface area contributed by atoms with E-state index in [1.807, 2.05) is 39.2 Å². The van der Waals surface area contributed by atoms with Crippen molar-refractivity contribution in [2.24, 2.45) is 7.05 Å². The van der Waals surface area contributed by atoms with Gasteiger partial charge in [-0.1, -0.05) is 12.7 Å². The third-order valence-corrected chi connectivity index (χ3v) is 6.56. The van der Waals surface area contributed by atoms with Gasteiger partial charge in [-0.2, -0.15) is 9.49 Å². The minimum absolute atomic E-state index is 0.220. The van der Waals surface area contributed by atoms with Crippen molar-refractivity contribution in [1.29, 1.82) is 0 Å². The average Bonchev–Trinajstić information content (AvgIpc) is 3.55. The maximum absolute atomic E-state index is 13.6. The lowest BCUT2D eigenvalue weighted by molar-refractivity contribution is 0.657. The smallest absolute Gasteiger partial charge is 0.176 e. The van der Waals surface area contributed by atoms with Crippen LogP contribution in [-0.2, 0) is 7.05 Å². The molecule has 32 heavy (non-hydrogen) atoms. The van der Waals surface area contributed by atoms with Crippen LogP contribution in [0.5, 0.6) is 0 Å². The molecule has 0 spiro atoms. The van der Waals surface area contributed by atoms with Crippen LogP contribution in [0.2, 0.25) is 0 Å². The SMILES string of the molecule is C=c1[nH]nc(-c2cc3c(-c4ccc(F)s4)cncc3[nH]2)/c1=C/C(=C\C)c1cnc(C)n1C. The van der Waals surface area contributed by atoms with E-state index in [4.69, 9.17) is 0 Å². The van der Waals surface area contributed by atoms with E-state index >= 15 is 0 Å². The molecule has 0 aliphatic carbocycles. The summed E-state index contributed by atoms with van der Waals surface area (Å²) in [6, 6.07) is 5.28. The molecule has 6 nitrogen and oxygen atoms in total. The van der Waals surface area contributed by atoms with Gasteiger partial charge in [0.2, 0.25) is 0 Å². The Kier molecular flexibility index (Phi) is 4.86. The van der Waals surface area contributed by atoms with Crippen LogP contribution in [0.1, 0.15) is 18.4 Å². The van der Waals surface area contributed by atoms with Crippen molar-refractivity contribution in [1.82, 2.24) is 29.7 Å². The highest BCUT2D eigenvalue weighted by molar-refractivity contribution is 7.14. The molecule has 160 valence electrons. The third-order valence-electron chi connectivity index (χ3n) is 5.65. The van der Waals surface area contributed by atoms with E-state index < -0.39 is 0 Å². The molecule has 0 radical (unpaired) electrons. The molecule has 5 heterocycles. The van der Waals surface area contributed by atoms with Crippen molar-refractivity contribution in [3.05, 3.63) is 70.1 Å². The number of aryl methyl sites for hydroxylation is 1. The van der Waals surface area contributed by atoms with Crippen molar-refractivity contribution in [2.45, 2.75) is 13.8 Å². The molecular formula is C24H21FN6S. The minimum atomic E-state index is -0.220. The molecule has 8 heteroatoms. The molecule has 0 amide bonds. The van der Waals surface area contributed by atoms with Crippen LogP contribution in [0.15, 0.2) is 42.9 Å². The normalized spacial score (nSPS) is 12.9. The van der Waals surface area contributed by atoms with Crippen molar-refractivity contribution < 1.29 is 4.39 Å². The summed E-state index contributed by atoms with van der Waals surface area (Å²) in [5.41, 5.74) is 5.37. The number of fused-ring (bicyclic) bond motifs is 1. The largest absolute Gasteiger partial charge is 0.352 e. The number of thiophene rings is 1. The Balaban J connectivity index is 1.67. The molecule has 0 saturated carbocycles. The van der Waals surface area contributed by atoms with Crippen molar-refractivity contribution >= 4 is 40.5 Å². The summed E-state index contributed by atoms with van der Waals surface area (Å²) in [6.07, 6.45) is 9.51. The van der Waals surface area contributed by atoms with Crippen LogP contribution in [0, 0.1) is 12.1 Å². The number of pyridine rings is 1. The Morgan fingerprint density at radius 1 is 1.25 bits per heavy atom. The lowest BCUT2D eigenvalue weighted by Gasteiger charge is -2.04. The Morgan fingerprint density at radius 3 is 2.78 bits per heavy atom. The topological polar surface area (TPSA) is 75.2 Å².